The lowest BCUT2D eigenvalue weighted by molar-refractivity contribution is 0.255. The average molecular weight is 1110 g/mol. The summed E-state index contributed by atoms with van der Waals surface area (Å²) >= 11 is 0. The molecule has 24 aliphatic rings. The van der Waals surface area contributed by atoms with Crippen LogP contribution in [0.2, 0.25) is 0 Å². The Balaban J connectivity index is 0.719. The second kappa shape index (κ2) is 13.7. The van der Waals surface area contributed by atoms with Gasteiger partial charge in [0.05, 0.1) is 0 Å². The molecule has 0 aromatic carbocycles. The Morgan fingerprint density at radius 1 is 0.230 bits per heavy atom. The van der Waals surface area contributed by atoms with Crippen LogP contribution in [0.5, 0.6) is 0 Å². The first-order chi connectivity index (χ1) is 42.6. The van der Waals surface area contributed by atoms with Crippen LogP contribution in [0, 0.1) is 51.8 Å². The molecular formula is C87H62. The van der Waals surface area contributed by atoms with E-state index in [1.807, 2.05) is 0 Å². The van der Waals surface area contributed by atoms with Crippen molar-refractivity contribution >= 4 is 0 Å². The van der Waals surface area contributed by atoms with E-state index in [2.05, 4.69) is 201 Å². The molecule has 9 atom stereocenters. The minimum atomic E-state index is -0.244. The molecule has 0 heteroatoms. The first-order valence-corrected chi connectivity index (χ1v) is 33.2. The van der Waals surface area contributed by atoms with Gasteiger partial charge in [-0.05, 0) is 301 Å². The number of hydrogen-bond donors (Lipinski definition) is 0. The number of allylic oxidation sites excluding steroid dienone is 66. The summed E-state index contributed by atoms with van der Waals surface area (Å²) in [6, 6.07) is 0. The van der Waals surface area contributed by atoms with Gasteiger partial charge in [0, 0.05) is 51.8 Å². The average Bonchev–Trinajstić information content (AvgIpc) is 1.56. The molecule has 0 N–H and O–H groups in total. The molecule has 24 aliphatic carbocycles. The molecule has 0 saturated heterocycles. The van der Waals surface area contributed by atoms with Gasteiger partial charge in [0.25, 0.3) is 0 Å². The third kappa shape index (κ3) is 4.11. The highest BCUT2D eigenvalue weighted by atomic mass is 14.7. The van der Waals surface area contributed by atoms with E-state index in [1.165, 1.54) is 100 Å². The normalized spacial score (nSPS) is 36.7. The molecule has 0 amide bonds. The number of hydrogen-bond acceptors (Lipinski definition) is 0. The first-order valence-electron chi connectivity index (χ1n) is 33.2. The van der Waals surface area contributed by atoms with E-state index in [-0.39, 0.29) is 39.9 Å². The van der Waals surface area contributed by atoms with Gasteiger partial charge in [0.15, 0.2) is 0 Å². The smallest absolute Gasteiger partial charge is 0.0445 e. The lowest BCUT2D eigenvalue weighted by atomic mass is 9.41. The maximum absolute atomic E-state index is 2.66. The third-order valence-electron chi connectivity index (χ3n) is 27.8. The Labute approximate surface area is 509 Å². The highest BCUT2D eigenvalue weighted by Gasteiger charge is 2.71. The van der Waals surface area contributed by atoms with Crippen LogP contribution in [0.1, 0.15) is 81.1 Å². The van der Waals surface area contributed by atoms with Crippen LogP contribution in [-0.2, 0) is 0 Å². The van der Waals surface area contributed by atoms with Gasteiger partial charge in [-0.2, -0.15) is 0 Å². The van der Waals surface area contributed by atoms with Crippen molar-refractivity contribution in [1.82, 2.24) is 0 Å². The maximum atomic E-state index is 2.66. The summed E-state index contributed by atoms with van der Waals surface area (Å²) in [6.07, 6.45) is 65.8. The Morgan fingerprint density at radius 3 is 0.908 bits per heavy atom. The summed E-state index contributed by atoms with van der Waals surface area (Å²) in [6.45, 7) is 19.6. The fourth-order valence-electron chi connectivity index (χ4n) is 25.2. The van der Waals surface area contributed by atoms with Crippen molar-refractivity contribution < 1.29 is 0 Å². The Bertz CT molecular complexity index is 5320. The van der Waals surface area contributed by atoms with Crippen LogP contribution >= 0.6 is 0 Å². The Hall–Kier alpha value is -8.58. The van der Waals surface area contributed by atoms with E-state index in [0.29, 0.717) is 11.8 Å². The standard InChI is InChI=1S/C87H62/c1-9-43-57-27-31-65-71(35-69-61-23-19-53-39(5)49-15-11-45-37(3)46-12-16-50-40(6)54-20-24-62(69)78(54)85(73(45)49,74(46)50)77(53)61)67-33-29-59-44(10-2)60-30-34-68-72(66-32-28-58(43)82(66)87(81(57)65,83(59)67)84(60)68)36-70-63-25-21-55-41(7)51-17-13-47-38(4)48-14-18-52-42(8)56-22-26-64(70)80(56)86(75(47)51,76(48)52)79(55)63/h11-34,73,75,78,80-81,84H,9-10,35-36H2,1-8H3. The van der Waals surface area contributed by atoms with Crippen LogP contribution < -0.4 is 0 Å². The lowest BCUT2D eigenvalue weighted by Gasteiger charge is -2.60. The molecule has 0 aromatic heterocycles. The zero-order valence-electron chi connectivity index (χ0n) is 50.6. The van der Waals surface area contributed by atoms with Gasteiger partial charge in [-0.1, -0.05) is 160 Å². The Morgan fingerprint density at radius 2 is 0.494 bits per heavy atom. The zero-order chi connectivity index (χ0) is 57.0. The SMILES string of the molecule is CCC1=C2C=CC3=C2C24C5=C(C=CC5=C(CC5=C6C=CC7=C6C68C9=C(C=CC9=C(C)C9=CC=C5C96)C(C)=C5C=CC(=C7C)C58)C5=CC=C1C52)C(CC)=C1C=CC(=C3CC2=C3C=CC5=C3C36C7=C(C=CC7=C(C)C7=CC=C2C73)C(C)=C2C=CC(=C5C)C26)C14. The van der Waals surface area contributed by atoms with Gasteiger partial charge in [0.1, 0.15) is 0 Å². The molecule has 0 nitrogen and oxygen atoms in total. The minimum Gasteiger partial charge on any atom is -0.0613 e. The molecule has 0 aliphatic heterocycles. The predicted molar refractivity (Wildman–Crippen MR) is 349 cm³/mol. The van der Waals surface area contributed by atoms with Crippen molar-refractivity contribution in [1.29, 1.82) is 0 Å². The first kappa shape index (κ1) is 45.7. The van der Waals surface area contributed by atoms with Crippen LogP contribution in [-0.4, -0.2) is 0 Å². The van der Waals surface area contributed by atoms with Crippen LogP contribution in [0.25, 0.3) is 0 Å². The van der Waals surface area contributed by atoms with E-state index in [0.717, 1.165) is 25.7 Å². The summed E-state index contributed by atoms with van der Waals surface area (Å²) < 4.78 is 0. The molecule has 410 valence electrons. The van der Waals surface area contributed by atoms with Gasteiger partial charge in [0.2, 0.25) is 0 Å². The molecule has 24 rings (SSSR count). The van der Waals surface area contributed by atoms with E-state index >= 15 is 0 Å². The topological polar surface area (TPSA) is 0 Å². The van der Waals surface area contributed by atoms with Crippen molar-refractivity contribution in [3.63, 3.8) is 0 Å². The quantitative estimate of drug-likeness (QED) is 0.249. The van der Waals surface area contributed by atoms with Crippen molar-refractivity contribution in [2.45, 2.75) is 81.1 Å². The fourth-order valence-corrected chi connectivity index (χ4v) is 25.2. The lowest BCUT2D eigenvalue weighted by Crippen LogP contribution is -2.52. The largest absolute Gasteiger partial charge is 0.0613 e. The second-order valence-corrected chi connectivity index (χ2v) is 29.6. The number of rotatable bonds is 6. The van der Waals surface area contributed by atoms with Gasteiger partial charge in [-0.15, -0.1) is 0 Å². The molecule has 0 heterocycles. The third-order valence-corrected chi connectivity index (χ3v) is 27.8. The maximum Gasteiger partial charge on any atom is 0.0445 e. The van der Waals surface area contributed by atoms with E-state index in [4.69, 9.17) is 0 Å². The van der Waals surface area contributed by atoms with Crippen LogP contribution in [0.4, 0.5) is 0 Å². The van der Waals surface area contributed by atoms with Gasteiger partial charge < -0.3 is 0 Å². The molecule has 0 fully saturated rings. The molecule has 87 heavy (non-hydrogen) atoms. The van der Waals surface area contributed by atoms with E-state index in [1.54, 1.807) is 134 Å². The fraction of sp³-hybridized carbons (Fsp3) is 0.241. The summed E-state index contributed by atoms with van der Waals surface area (Å²) in [4.78, 5) is 0. The summed E-state index contributed by atoms with van der Waals surface area (Å²) in [7, 11) is 0. The molecule has 9 unspecified atom stereocenters. The molecule has 0 bridgehead atoms. The van der Waals surface area contributed by atoms with Crippen molar-refractivity contribution in [3.05, 3.63) is 380 Å². The van der Waals surface area contributed by atoms with Gasteiger partial charge >= 0.3 is 0 Å². The summed E-state index contributed by atoms with van der Waals surface area (Å²) in [5.41, 5.74) is 64.7. The van der Waals surface area contributed by atoms with E-state index < -0.39 is 0 Å². The minimum absolute atomic E-state index is 0.150. The second-order valence-electron chi connectivity index (χ2n) is 29.6. The molecule has 0 radical (unpaired) electrons. The van der Waals surface area contributed by atoms with Crippen LogP contribution in [0.3, 0.4) is 0 Å². The molecular weight excluding hydrogens is 1040 g/mol. The van der Waals surface area contributed by atoms with Gasteiger partial charge in [-0.25, -0.2) is 0 Å². The van der Waals surface area contributed by atoms with Gasteiger partial charge in [-0.3, -0.25) is 0 Å². The highest BCUT2D eigenvalue weighted by molar-refractivity contribution is 5.93. The van der Waals surface area contributed by atoms with Crippen molar-refractivity contribution in [2.24, 2.45) is 51.8 Å². The van der Waals surface area contributed by atoms with Crippen molar-refractivity contribution in [3.8, 4) is 0 Å². The predicted octanol–water partition coefficient (Wildman–Crippen LogP) is 19.6. The zero-order valence-corrected chi connectivity index (χ0v) is 50.6. The van der Waals surface area contributed by atoms with Crippen molar-refractivity contribution in [2.75, 3.05) is 0 Å². The molecule has 0 saturated carbocycles. The van der Waals surface area contributed by atoms with Crippen LogP contribution in [0.15, 0.2) is 380 Å². The Kier molecular flexibility index (Phi) is 7.22. The monoisotopic (exact) mass is 1110 g/mol. The molecule has 3 spiro atoms. The highest BCUT2D eigenvalue weighted by Crippen LogP contribution is 2.82. The van der Waals surface area contributed by atoms with E-state index in [9.17, 15) is 0 Å². The molecule has 0 aromatic rings. The summed E-state index contributed by atoms with van der Waals surface area (Å²) in [5, 5.41) is 0. The summed E-state index contributed by atoms with van der Waals surface area (Å²) in [5.74, 6) is 1.73.